The molecule has 1 atom stereocenters. The lowest BCUT2D eigenvalue weighted by Gasteiger charge is -2.25. The van der Waals surface area contributed by atoms with Crippen molar-refractivity contribution >= 4 is 45.6 Å². The van der Waals surface area contributed by atoms with Crippen molar-refractivity contribution < 1.29 is 13.5 Å². The van der Waals surface area contributed by atoms with Crippen LogP contribution in [0.4, 0.5) is 10.2 Å². The number of hydrogen-bond acceptors (Lipinski definition) is 5. The summed E-state index contributed by atoms with van der Waals surface area (Å²) in [5.74, 6) is -0.102. The fourth-order valence-corrected chi connectivity index (χ4v) is 4.65. The Morgan fingerprint density at radius 1 is 1.35 bits per heavy atom. The average Bonchev–Trinajstić information content (AvgIpc) is 3.18. The van der Waals surface area contributed by atoms with Crippen molar-refractivity contribution in [2.45, 2.75) is 32.8 Å². The lowest BCUT2D eigenvalue weighted by atomic mass is 9.99. The number of halogens is 3. The molecule has 0 aliphatic carbocycles. The Morgan fingerprint density at radius 3 is 2.87 bits per heavy atom. The van der Waals surface area contributed by atoms with Crippen LogP contribution in [0.3, 0.4) is 0 Å². The Morgan fingerprint density at radius 2 is 2.16 bits per heavy atom. The molecular formula is C23H24Cl2FN3O2. The predicted octanol–water partition coefficient (Wildman–Crippen LogP) is 6.50. The molecule has 8 heteroatoms. The van der Waals surface area contributed by atoms with Gasteiger partial charge in [-0.15, -0.1) is 0 Å². The van der Waals surface area contributed by atoms with Crippen molar-refractivity contribution in [1.29, 1.82) is 0 Å². The third-order valence-electron chi connectivity index (χ3n) is 5.56. The number of rotatable bonds is 6. The predicted molar refractivity (Wildman–Crippen MR) is 123 cm³/mol. The number of nitrogens with two attached hydrogens (primary N) is 1. The second kappa shape index (κ2) is 9.07. The molecule has 0 unspecified atom stereocenters. The molecule has 0 fully saturated rings. The van der Waals surface area contributed by atoms with Gasteiger partial charge in [0, 0.05) is 35.4 Å². The second-order valence-electron chi connectivity index (χ2n) is 7.66. The van der Waals surface area contributed by atoms with Crippen molar-refractivity contribution in [1.82, 2.24) is 9.88 Å². The summed E-state index contributed by atoms with van der Waals surface area (Å²) in [6, 6.07) is 2.67. The second-order valence-corrected chi connectivity index (χ2v) is 8.45. The highest BCUT2D eigenvalue weighted by Crippen LogP contribution is 2.41. The highest BCUT2D eigenvalue weighted by molar-refractivity contribution is 6.36. The van der Waals surface area contributed by atoms with Crippen LogP contribution in [0.5, 0.6) is 5.75 Å². The van der Waals surface area contributed by atoms with Crippen LogP contribution in [0.15, 0.2) is 35.1 Å². The van der Waals surface area contributed by atoms with Crippen LogP contribution in [0.25, 0.3) is 16.5 Å². The quantitative estimate of drug-likeness (QED) is 0.422. The Hall–Kier alpha value is -2.28. The highest BCUT2D eigenvalue weighted by Gasteiger charge is 2.24. The smallest absolute Gasteiger partial charge is 0.205 e. The number of fused-ring (bicyclic) bond motifs is 1. The lowest BCUT2D eigenvalue weighted by molar-refractivity contribution is 0.227. The molecule has 2 N–H and O–H groups in total. The SMILES string of the molecule is CCCN1CC=C(c2coc3c(O[C@H](C)c4c(Cl)ccc(F)c4Cl)c(N)ncc23)CC1. The monoisotopic (exact) mass is 463 g/mol. The van der Waals surface area contributed by atoms with Gasteiger partial charge in [0.05, 0.1) is 16.7 Å². The van der Waals surface area contributed by atoms with Gasteiger partial charge < -0.3 is 14.9 Å². The van der Waals surface area contributed by atoms with E-state index in [9.17, 15) is 4.39 Å². The molecule has 0 saturated heterocycles. The molecular weight excluding hydrogens is 440 g/mol. The summed E-state index contributed by atoms with van der Waals surface area (Å²) in [4.78, 5) is 6.72. The number of pyridine rings is 1. The molecule has 3 aromatic rings. The largest absolute Gasteiger partial charge is 0.478 e. The van der Waals surface area contributed by atoms with E-state index in [2.05, 4.69) is 22.9 Å². The zero-order chi connectivity index (χ0) is 22.1. The molecule has 2 aromatic heterocycles. The molecule has 0 bridgehead atoms. The average molecular weight is 464 g/mol. The summed E-state index contributed by atoms with van der Waals surface area (Å²) in [6.07, 6.45) is 7.04. The van der Waals surface area contributed by atoms with E-state index in [1.165, 1.54) is 17.7 Å². The third kappa shape index (κ3) is 4.25. The molecule has 1 aromatic carbocycles. The Kier molecular flexibility index (Phi) is 6.42. The first-order valence-electron chi connectivity index (χ1n) is 10.3. The first-order valence-corrected chi connectivity index (χ1v) is 11.0. The zero-order valence-electron chi connectivity index (χ0n) is 17.4. The summed E-state index contributed by atoms with van der Waals surface area (Å²) < 4.78 is 25.9. The summed E-state index contributed by atoms with van der Waals surface area (Å²) in [7, 11) is 0. The fourth-order valence-electron chi connectivity index (χ4n) is 3.97. The van der Waals surface area contributed by atoms with E-state index in [4.69, 9.17) is 38.1 Å². The minimum Gasteiger partial charge on any atom is -0.478 e. The van der Waals surface area contributed by atoms with Gasteiger partial charge >= 0.3 is 0 Å². The molecule has 1 aliphatic heterocycles. The van der Waals surface area contributed by atoms with Crippen LogP contribution in [0.2, 0.25) is 10.0 Å². The maximum absolute atomic E-state index is 14.0. The van der Waals surface area contributed by atoms with Gasteiger partial charge in [-0.25, -0.2) is 9.37 Å². The van der Waals surface area contributed by atoms with Gasteiger partial charge in [-0.05, 0) is 44.0 Å². The van der Waals surface area contributed by atoms with Gasteiger partial charge in [0.1, 0.15) is 11.9 Å². The first-order chi connectivity index (χ1) is 14.9. The summed E-state index contributed by atoms with van der Waals surface area (Å²) in [5.41, 5.74) is 9.14. The molecule has 0 spiro atoms. The molecule has 164 valence electrons. The van der Waals surface area contributed by atoms with E-state index < -0.39 is 11.9 Å². The lowest BCUT2D eigenvalue weighted by Crippen LogP contribution is -2.29. The van der Waals surface area contributed by atoms with Crippen LogP contribution in [-0.2, 0) is 0 Å². The van der Waals surface area contributed by atoms with Crippen molar-refractivity contribution in [3.05, 3.63) is 57.7 Å². The van der Waals surface area contributed by atoms with Gasteiger partial charge in [0.15, 0.2) is 11.4 Å². The number of benzene rings is 1. The maximum atomic E-state index is 14.0. The van der Waals surface area contributed by atoms with Gasteiger partial charge in [0.2, 0.25) is 5.75 Å². The Bertz CT molecular complexity index is 1150. The molecule has 1 aliphatic rings. The third-order valence-corrected chi connectivity index (χ3v) is 6.27. The normalized spacial score (nSPS) is 15.8. The highest BCUT2D eigenvalue weighted by atomic mass is 35.5. The van der Waals surface area contributed by atoms with Crippen molar-refractivity contribution in [2.24, 2.45) is 0 Å². The zero-order valence-corrected chi connectivity index (χ0v) is 18.9. The van der Waals surface area contributed by atoms with Crippen molar-refractivity contribution in [3.63, 3.8) is 0 Å². The molecule has 0 saturated carbocycles. The van der Waals surface area contributed by atoms with E-state index >= 15 is 0 Å². The number of anilines is 1. The van der Waals surface area contributed by atoms with Gasteiger partial charge in [-0.3, -0.25) is 4.90 Å². The van der Waals surface area contributed by atoms with E-state index in [1.807, 2.05) is 0 Å². The molecule has 4 rings (SSSR count). The molecule has 0 amide bonds. The Balaban J connectivity index is 1.67. The minimum atomic E-state index is -0.671. The number of aromatic nitrogens is 1. The fraction of sp³-hybridized carbons (Fsp3) is 0.348. The molecule has 5 nitrogen and oxygen atoms in total. The topological polar surface area (TPSA) is 64.5 Å². The summed E-state index contributed by atoms with van der Waals surface area (Å²) in [6.45, 7) is 6.92. The first kappa shape index (κ1) is 21.9. The van der Waals surface area contributed by atoms with Crippen molar-refractivity contribution in [2.75, 3.05) is 25.4 Å². The number of nitrogens with zero attached hydrogens (tertiary/aromatic N) is 2. The number of furan rings is 1. The number of ether oxygens (including phenoxy) is 1. The van der Waals surface area contributed by atoms with Gasteiger partial charge in [-0.2, -0.15) is 0 Å². The summed E-state index contributed by atoms with van der Waals surface area (Å²) in [5, 5.41) is 1.05. The van der Waals surface area contributed by atoms with Crippen LogP contribution in [0, 0.1) is 5.82 Å². The number of nitrogen functional groups attached to an aromatic ring is 1. The van der Waals surface area contributed by atoms with Crippen molar-refractivity contribution in [3.8, 4) is 5.75 Å². The van der Waals surface area contributed by atoms with Gasteiger partial charge in [-0.1, -0.05) is 36.2 Å². The standard InChI is InChI=1S/C23H24Cl2FN3O2/c1-3-8-29-9-6-14(7-10-29)16-12-30-21-15(16)11-28-23(27)22(21)31-13(2)19-17(24)4-5-18(26)20(19)25/h4-6,11-13H,3,7-10H2,1-2H3,(H2,27,28)/t13-/m1/s1. The van der Waals surface area contributed by atoms with E-state index in [0.717, 1.165) is 43.4 Å². The maximum Gasteiger partial charge on any atom is 0.205 e. The van der Waals surface area contributed by atoms with Crippen LogP contribution in [0.1, 0.15) is 43.9 Å². The van der Waals surface area contributed by atoms with Crippen LogP contribution in [-0.4, -0.2) is 29.5 Å². The number of hydrogen-bond donors (Lipinski definition) is 1. The molecule has 31 heavy (non-hydrogen) atoms. The van der Waals surface area contributed by atoms with E-state index in [0.29, 0.717) is 16.2 Å². The minimum absolute atomic E-state index is 0.0807. The van der Waals surface area contributed by atoms with E-state index in [-0.39, 0.29) is 16.6 Å². The Labute approximate surface area is 190 Å². The summed E-state index contributed by atoms with van der Waals surface area (Å²) >= 11 is 12.4. The van der Waals surface area contributed by atoms with Gasteiger partial charge in [0.25, 0.3) is 0 Å². The molecule has 3 heterocycles. The van der Waals surface area contributed by atoms with Crippen LogP contribution < -0.4 is 10.5 Å². The van der Waals surface area contributed by atoms with Crippen LogP contribution >= 0.6 is 23.2 Å². The van der Waals surface area contributed by atoms with E-state index in [1.54, 1.807) is 19.4 Å². The molecule has 0 radical (unpaired) electrons.